The van der Waals surface area contributed by atoms with Crippen molar-refractivity contribution in [3.05, 3.63) is 59.4 Å². The first kappa shape index (κ1) is 17.0. The number of aromatic amines is 1. The highest BCUT2D eigenvalue weighted by Gasteiger charge is 2.08. The molecule has 3 rings (SSSR count). The van der Waals surface area contributed by atoms with Gasteiger partial charge in [-0.15, -0.1) is 0 Å². The van der Waals surface area contributed by atoms with Crippen LogP contribution in [0, 0.1) is 6.92 Å². The number of rotatable bonds is 7. The van der Waals surface area contributed by atoms with Gasteiger partial charge in [0.15, 0.2) is 17.3 Å². The van der Waals surface area contributed by atoms with Gasteiger partial charge in [-0.3, -0.25) is 5.10 Å². The monoisotopic (exact) mass is 338 g/mol. The third-order valence-electron chi connectivity index (χ3n) is 4.10. The van der Waals surface area contributed by atoms with E-state index in [1.165, 1.54) is 23.0 Å². The van der Waals surface area contributed by atoms with Gasteiger partial charge >= 0.3 is 0 Å². The molecule has 2 aromatic carbocycles. The third-order valence-corrected chi connectivity index (χ3v) is 4.10. The molecule has 0 aliphatic heterocycles. The Bertz CT molecular complexity index is 831. The van der Waals surface area contributed by atoms with E-state index in [-0.39, 0.29) is 0 Å². The molecule has 0 spiro atoms. The van der Waals surface area contributed by atoms with E-state index in [4.69, 9.17) is 9.47 Å². The molecule has 1 aromatic heterocycles. The van der Waals surface area contributed by atoms with Gasteiger partial charge in [0, 0.05) is 18.7 Å². The Hall–Kier alpha value is -2.86. The second-order valence-electron chi connectivity index (χ2n) is 5.77. The first-order chi connectivity index (χ1) is 12.2. The molecule has 6 heteroatoms. The second-order valence-corrected chi connectivity index (χ2v) is 5.77. The Labute approximate surface area is 147 Å². The van der Waals surface area contributed by atoms with Gasteiger partial charge in [-0.25, -0.2) is 4.98 Å². The maximum absolute atomic E-state index is 5.38. The highest BCUT2D eigenvalue weighted by Crippen LogP contribution is 2.30. The number of hydrogen-bond donors (Lipinski definition) is 2. The van der Waals surface area contributed by atoms with Crippen LogP contribution in [-0.2, 0) is 13.1 Å². The zero-order chi connectivity index (χ0) is 17.6. The second kappa shape index (κ2) is 7.81. The molecule has 2 N–H and O–H groups in total. The number of nitrogens with zero attached hydrogens (tertiary/aromatic N) is 2. The molecule has 0 aliphatic carbocycles. The van der Waals surface area contributed by atoms with Gasteiger partial charge < -0.3 is 14.8 Å². The zero-order valence-electron chi connectivity index (χ0n) is 14.7. The Morgan fingerprint density at radius 2 is 1.84 bits per heavy atom. The number of methoxy groups -OCH3 is 2. The molecule has 25 heavy (non-hydrogen) atoms. The number of hydrogen-bond acceptors (Lipinski definition) is 5. The fraction of sp³-hybridized carbons (Fsp3) is 0.263. The Balaban J connectivity index is 1.66. The average Bonchev–Trinajstić information content (AvgIpc) is 3.17. The van der Waals surface area contributed by atoms with Gasteiger partial charge in [0.1, 0.15) is 6.33 Å². The van der Waals surface area contributed by atoms with Gasteiger partial charge in [0.2, 0.25) is 0 Å². The molecule has 0 fully saturated rings. The van der Waals surface area contributed by atoms with Gasteiger partial charge in [-0.1, -0.05) is 18.2 Å². The summed E-state index contributed by atoms with van der Waals surface area (Å²) in [4.78, 5) is 4.19. The summed E-state index contributed by atoms with van der Waals surface area (Å²) in [5.74, 6) is 2.28. The van der Waals surface area contributed by atoms with Crippen LogP contribution in [0.5, 0.6) is 11.5 Å². The molecule has 0 atom stereocenters. The molecule has 3 aromatic rings. The maximum Gasteiger partial charge on any atom is 0.161 e. The molecule has 0 bridgehead atoms. The first-order valence-electron chi connectivity index (χ1n) is 8.08. The normalized spacial score (nSPS) is 10.7. The summed E-state index contributed by atoms with van der Waals surface area (Å²) in [6, 6.07) is 12.3. The molecule has 0 amide bonds. The molecule has 0 aliphatic rings. The van der Waals surface area contributed by atoms with Crippen molar-refractivity contribution in [2.75, 3.05) is 14.2 Å². The highest BCUT2D eigenvalue weighted by molar-refractivity contribution is 5.55. The molecular formula is C19H22N4O2. The Kier molecular flexibility index (Phi) is 5.30. The molecule has 1 heterocycles. The lowest BCUT2D eigenvalue weighted by Gasteiger charge is -2.13. The molecule has 0 unspecified atom stereocenters. The van der Waals surface area contributed by atoms with E-state index in [1.807, 2.05) is 24.3 Å². The van der Waals surface area contributed by atoms with Crippen molar-refractivity contribution in [3.63, 3.8) is 0 Å². The van der Waals surface area contributed by atoms with Gasteiger partial charge in [0.25, 0.3) is 0 Å². The summed E-state index contributed by atoms with van der Waals surface area (Å²) in [6.45, 7) is 3.58. The number of nitrogens with one attached hydrogen (secondary N) is 2. The lowest BCUT2D eigenvalue weighted by Crippen LogP contribution is -2.13. The van der Waals surface area contributed by atoms with Crippen LogP contribution < -0.4 is 14.8 Å². The van der Waals surface area contributed by atoms with Gasteiger partial charge in [0.05, 0.1) is 14.2 Å². The summed E-state index contributed by atoms with van der Waals surface area (Å²) in [5.41, 5.74) is 4.57. The van der Waals surface area contributed by atoms with Crippen LogP contribution in [0.3, 0.4) is 0 Å². The van der Waals surface area contributed by atoms with E-state index >= 15 is 0 Å². The zero-order valence-corrected chi connectivity index (χ0v) is 14.7. The Morgan fingerprint density at radius 1 is 1.04 bits per heavy atom. The number of benzene rings is 2. The number of H-pyrrole nitrogens is 1. The van der Waals surface area contributed by atoms with Gasteiger partial charge in [-0.2, -0.15) is 5.10 Å². The molecule has 0 radical (unpaired) electrons. The van der Waals surface area contributed by atoms with Crippen LogP contribution in [0.2, 0.25) is 0 Å². The highest BCUT2D eigenvalue weighted by atomic mass is 16.5. The van der Waals surface area contributed by atoms with E-state index in [2.05, 4.69) is 39.6 Å². The van der Waals surface area contributed by atoms with Crippen LogP contribution in [0.25, 0.3) is 11.4 Å². The van der Waals surface area contributed by atoms with Crippen LogP contribution in [0.15, 0.2) is 42.7 Å². The van der Waals surface area contributed by atoms with Crippen molar-refractivity contribution in [2.24, 2.45) is 0 Å². The van der Waals surface area contributed by atoms with E-state index in [0.29, 0.717) is 0 Å². The van der Waals surface area contributed by atoms with Crippen molar-refractivity contribution in [1.29, 1.82) is 0 Å². The number of aryl methyl sites for hydroxylation is 1. The van der Waals surface area contributed by atoms with Crippen molar-refractivity contribution in [2.45, 2.75) is 20.0 Å². The topological polar surface area (TPSA) is 72.1 Å². The standard InChI is InChI=1S/C19H22N4O2/c1-13-7-17(24-2)18(25-3)9-16(13)11-20-10-14-5-4-6-15(8-14)19-21-12-22-23-19/h4-9,12,20H,10-11H2,1-3H3,(H,21,22,23). The molecule has 6 nitrogen and oxygen atoms in total. The molecule has 0 saturated carbocycles. The van der Waals surface area contributed by atoms with E-state index < -0.39 is 0 Å². The lowest BCUT2D eigenvalue weighted by atomic mass is 10.1. The predicted octanol–water partition coefficient (Wildman–Crippen LogP) is 3.09. The van der Waals surface area contributed by atoms with Crippen molar-refractivity contribution in [3.8, 4) is 22.9 Å². The molecule has 0 saturated heterocycles. The lowest BCUT2D eigenvalue weighted by molar-refractivity contribution is 0.354. The third kappa shape index (κ3) is 3.97. The predicted molar refractivity (Wildman–Crippen MR) is 96.6 cm³/mol. The van der Waals surface area contributed by atoms with Crippen LogP contribution in [0.4, 0.5) is 0 Å². The first-order valence-corrected chi connectivity index (χ1v) is 8.08. The SMILES string of the molecule is COc1cc(C)c(CNCc2cccc(-c3ncn[nH]3)c2)cc1OC. The van der Waals surface area contributed by atoms with E-state index in [0.717, 1.165) is 36.0 Å². The van der Waals surface area contributed by atoms with Gasteiger partial charge in [-0.05, 0) is 41.8 Å². The smallest absolute Gasteiger partial charge is 0.161 e. The summed E-state index contributed by atoms with van der Waals surface area (Å²) in [5, 5.41) is 10.3. The van der Waals surface area contributed by atoms with E-state index in [9.17, 15) is 0 Å². The summed E-state index contributed by atoms with van der Waals surface area (Å²) < 4.78 is 10.7. The summed E-state index contributed by atoms with van der Waals surface area (Å²) in [7, 11) is 3.30. The maximum atomic E-state index is 5.38. The summed E-state index contributed by atoms with van der Waals surface area (Å²) in [6.07, 6.45) is 1.51. The average molecular weight is 338 g/mol. The number of aromatic nitrogens is 3. The fourth-order valence-electron chi connectivity index (χ4n) is 2.73. The largest absolute Gasteiger partial charge is 0.493 e. The number of ether oxygens (including phenoxy) is 2. The molecule has 130 valence electrons. The van der Waals surface area contributed by atoms with Crippen LogP contribution in [-0.4, -0.2) is 29.4 Å². The fourth-order valence-corrected chi connectivity index (χ4v) is 2.73. The summed E-state index contributed by atoms with van der Waals surface area (Å²) >= 11 is 0. The molecular weight excluding hydrogens is 316 g/mol. The Morgan fingerprint density at radius 3 is 2.56 bits per heavy atom. The van der Waals surface area contributed by atoms with Crippen molar-refractivity contribution >= 4 is 0 Å². The van der Waals surface area contributed by atoms with E-state index in [1.54, 1.807) is 14.2 Å². The minimum Gasteiger partial charge on any atom is -0.493 e. The minimum atomic E-state index is 0.747. The van der Waals surface area contributed by atoms with Crippen LogP contribution >= 0.6 is 0 Å². The quantitative estimate of drug-likeness (QED) is 0.693. The van der Waals surface area contributed by atoms with Crippen LogP contribution in [0.1, 0.15) is 16.7 Å². The van der Waals surface area contributed by atoms with Crippen molar-refractivity contribution in [1.82, 2.24) is 20.5 Å². The van der Waals surface area contributed by atoms with Crippen molar-refractivity contribution < 1.29 is 9.47 Å². The minimum absolute atomic E-state index is 0.747.